The maximum atomic E-state index is 11.1. The summed E-state index contributed by atoms with van der Waals surface area (Å²) in [5.74, 6) is -0.903. The Morgan fingerprint density at radius 1 is 1.17 bits per heavy atom. The van der Waals surface area contributed by atoms with Crippen molar-refractivity contribution in [1.82, 2.24) is 0 Å². The summed E-state index contributed by atoms with van der Waals surface area (Å²) < 4.78 is 0. The summed E-state index contributed by atoms with van der Waals surface area (Å²) in [6.45, 7) is 8.97. The lowest BCUT2D eigenvalue weighted by Crippen LogP contribution is -2.19. The predicted octanol–water partition coefficient (Wildman–Crippen LogP) is 7.22. The van der Waals surface area contributed by atoms with Crippen molar-refractivity contribution in [2.45, 2.75) is 59.8 Å². The third-order valence-corrected chi connectivity index (χ3v) is 5.58. The van der Waals surface area contributed by atoms with Crippen molar-refractivity contribution in [1.29, 1.82) is 0 Å². The number of carbonyl (C=O) groups is 1. The molecule has 1 aromatic rings. The van der Waals surface area contributed by atoms with E-state index in [4.69, 9.17) is 5.11 Å². The van der Waals surface area contributed by atoms with Gasteiger partial charge in [0.2, 0.25) is 0 Å². The summed E-state index contributed by atoms with van der Waals surface area (Å²) in [6, 6.07) is 10.1. The fraction of sp³-hybridized carbons (Fsp3) is 0.370. The van der Waals surface area contributed by atoms with Crippen molar-refractivity contribution < 1.29 is 9.90 Å². The van der Waals surface area contributed by atoms with Gasteiger partial charge in [-0.1, -0.05) is 85.7 Å². The van der Waals surface area contributed by atoms with Crippen LogP contribution in [0.25, 0.3) is 0 Å². The van der Waals surface area contributed by atoms with Crippen LogP contribution in [0.3, 0.4) is 0 Å². The standard InChI is InChI=1S/C27H34O2/c1-21(15-18-25-22(2)11-9-19-27(25,3)4)10-8-14-24(20-26(28)29)17-16-23-12-6-5-7-13-23/h5-8,10,12-15,18,20H,9,11,16-17,19H2,1-4H3,(H,28,29)/b14-8+,18-15+,21-10+,24-20-. The van der Waals surface area contributed by atoms with Gasteiger partial charge in [-0.2, -0.15) is 0 Å². The first-order chi connectivity index (χ1) is 13.8. The molecular weight excluding hydrogens is 356 g/mol. The van der Waals surface area contributed by atoms with E-state index < -0.39 is 5.97 Å². The van der Waals surface area contributed by atoms with Crippen LogP contribution in [0.5, 0.6) is 0 Å². The molecular formula is C27H34O2. The highest BCUT2D eigenvalue weighted by Crippen LogP contribution is 2.40. The minimum Gasteiger partial charge on any atom is -0.478 e. The lowest BCUT2D eigenvalue weighted by molar-refractivity contribution is -0.131. The van der Waals surface area contributed by atoms with Crippen molar-refractivity contribution in [2.75, 3.05) is 0 Å². The Balaban J connectivity index is 2.04. The van der Waals surface area contributed by atoms with E-state index in [0.29, 0.717) is 6.42 Å². The van der Waals surface area contributed by atoms with Gasteiger partial charge in [0.15, 0.2) is 0 Å². The van der Waals surface area contributed by atoms with Crippen LogP contribution in [-0.2, 0) is 11.2 Å². The van der Waals surface area contributed by atoms with E-state index in [1.54, 1.807) is 0 Å². The molecule has 0 heterocycles. The molecule has 0 radical (unpaired) electrons. The Bertz CT molecular complexity index is 846. The second kappa shape index (κ2) is 10.8. The molecule has 2 nitrogen and oxygen atoms in total. The number of benzene rings is 1. The summed E-state index contributed by atoms with van der Waals surface area (Å²) in [4.78, 5) is 11.1. The van der Waals surface area contributed by atoms with Gasteiger partial charge in [0.1, 0.15) is 0 Å². The molecule has 1 aliphatic rings. The van der Waals surface area contributed by atoms with Gasteiger partial charge >= 0.3 is 5.97 Å². The van der Waals surface area contributed by atoms with Gasteiger partial charge in [0.25, 0.3) is 0 Å². The smallest absolute Gasteiger partial charge is 0.328 e. The number of aryl methyl sites for hydroxylation is 1. The molecule has 0 aliphatic heterocycles. The molecule has 0 saturated heterocycles. The van der Waals surface area contributed by atoms with Gasteiger partial charge in [-0.3, -0.25) is 0 Å². The largest absolute Gasteiger partial charge is 0.478 e. The SMILES string of the molecule is CC1=C(/C=C/C(C)=C/C=C/C(=C/C(=O)O)CCc2ccccc2)C(C)(C)CCC1. The monoisotopic (exact) mass is 390 g/mol. The molecule has 0 saturated carbocycles. The zero-order chi connectivity index (χ0) is 21.3. The van der Waals surface area contributed by atoms with Gasteiger partial charge in [-0.25, -0.2) is 4.79 Å². The van der Waals surface area contributed by atoms with Crippen LogP contribution in [0.15, 0.2) is 89.1 Å². The average molecular weight is 391 g/mol. The first-order valence-corrected chi connectivity index (χ1v) is 10.5. The van der Waals surface area contributed by atoms with E-state index in [-0.39, 0.29) is 5.41 Å². The first kappa shape index (κ1) is 22.7. The van der Waals surface area contributed by atoms with Crippen LogP contribution < -0.4 is 0 Å². The van der Waals surface area contributed by atoms with E-state index in [2.05, 4.69) is 52.0 Å². The molecule has 0 bridgehead atoms. The van der Waals surface area contributed by atoms with Gasteiger partial charge in [-0.15, -0.1) is 0 Å². The van der Waals surface area contributed by atoms with Gasteiger partial charge in [0.05, 0.1) is 0 Å². The van der Waals surface area contributed by atoms with E-state index in [1.807, 2.05) is 36.4 Å². The Morgan fingerprint density at radius 3 is 2.55 bits per heavy atom. The number of carboxylic acids is 1. The predicted molar refractivity (Wildman–Crippen MR) is 123 cm³/mol. The van der Waals surface area contributed by atoms with Crippen LogP contribution in [0.4, 0.5) is 0 Å². The van der Waals surface area contributed by atoms with Gasteiger partial charge in [-0.05, 0) is 68.1 Å². The van der Waals surface area contributed by atoms with E-state index in [1.165, 1.54) is 42.0 Å². The topological polar surface area (TPSA) is 37.3 Å². The van der Waals surface area contributed by atoms with Crippen LogP contribution in [-0.4, -0.2) is 11.1 Å². The van der Waals surface area contributed by atoms with E-state index in [9.17, 15) is 4.79 Å². The Hall–Kier alpha value is -2.61. The second-order valence-electron chi connectivity index (χ2n) is 8.58. The highest BCUT2D eigenvalue weighted by atomic mass is 16.4. The molecule has 0 unspecified atom stereocenters. The maximum Gasteiger partial charge on any atom is 0.328 e. The van der Waals surface area contributed by atoms with Gasteiger partial charge in [0, 0.05) is 6.08 Å². The number of allylic oxidation sites excluding steroid dienone is 9. The summed E-state index contributed by atoms with van der Waals surface area (Å²) >= 11 is 0. The number of rotatable bonds is 8. The minimum absolute atomic E-state index is 0.240. The molecule has 0 spiro atoms. The number of aliphatic carboxylic acids is 1. The average Bonchev–Trinajstić information content (AvgIpc) is 2.65. The molecule has 154 valence electrons. The molecule has 0 amide bonds. The number of carboxylic acid groups (broad SMARTS) is 1. The quantitative estimate of drug-likeness (QED) is 0.376. The molecule has 2 rings (SSSR count). The van der Waals surface area contributed by atoms with Crippen molar-refractivity contribution in [3.05, 3.63) is 94.6 Å². The molecule has 0 fully saturated rings. The molecule has 1 aromatic carbocycles. The summed E-state index contributed by atoms with van der Waals surface area (Å²) in [5.41, 5.74) is 6.37. The summed E-state index contributed by atoms with van der Waals surface area (Å²) in [6.07, 6.45) is 16.9. The lowest BCUT2D eigenvalue weighted by atomic mass is 9.72. The van der Waals surface area contributed by atoms with Gasteiger partial charge < -0.3 is 5.11 Å². The van der Waals surface area contributed by atoms with Crippen LogP contribution >= 0.6 is 0 Å². The molecule has 0 aromatic heterocycles. The zero-order valence-electron chi connectivity index (χ0n) is 18.2. The fourth-order valence-electron chi connectivity index (χ4n) is 3.90. The van der Waals surface area contributed by atoms with Crippen molar-refractivity contribution in [3.8, 4) is 0 Å². The highest BCUT2D eigenvalue weighted by Gasteiger charge is 2.26. The number of hydrogen-bond donors (Lipinski definition) is 1. The number of hydrogen-bond acceptors (Lipinski definition) is 1. The van der Waals surface area contributed by atoms with Crippen LogP contribution in [0.1, 0.15) is 58.9 Å². The zero-order valence-corrected chi connectivity index (χ0v) is 18.2. The third kappa shape index (κ3) is 7.73. The summed E-state index contributed by atoms with van der Waals surface area (Å²) in [7, 11) is 0. The Morgan fingerprint density at radius 2 is 1.90 bits per heavy atom. The Kier molecular flexibility index (Phi) is 8.45. The Labute approximate surface area is 176 Å². The summed E-state index contributed by atoms with van der Waals surface area (Å²) in [5, 5.41) is 9.15. The fourth-order valence-corrected chi connectivity index (χ4v) is 3.90. The lowest BCUT2D eigenvalue weighted by Gasteiger charge is -2.32. The molecule has 29 heavy (non-hydrogen) atoms. The minimum atomic E-state index is -0.903. The van der Waals surface area contributed by atoms with Crippen molar-refractivity contribution in [2.24, 2.45) is 5.41 Å². The first-order valence-electron chi connectivity index (χ1n) is 10.5. The second-order valence-corrected chi connectivity index (χ2v) is 8.58. The van der Waals surface area contributed by atoms with Crippen molar-refractivity contribution in [3.63, 3.8) is 0 Å². The molecule has 1 N–H and O–H groups in total. The molecule has 2 heteroatoms. The van der Waals surface area contributed by atoms with Crippen LogP contribution in [0.2, 0.25) is 0 Å². The molecule has 0 atom stereocenters. The van der Waals surface area contributed by atoms with Crippen LogP contribution in [0, 0.1) is 5.41 Å². The molecule has 1 aliphatic carbocycles. The third-order valence-electron chi connectivity index (χ3n) is 5.58. The van der Waals surface area contributed by atoms with Crippen molar-refractivity contribution >= 4 is 5.97 Å². The maximum absolute atomic E-state index is 11.1. The van der Waals surface area contributed by atoms with E-state index >= 15 is 0 Å². The van der Waals surface area contributed by atoms with E-state index in [0.717, 1.165) is 17.6 Å². The highest BCUT2D eigenvalue weighted by molar-refractivity contribution is 5.81. The normalized spacial score (nSPS) is 18.1.